The zero-order valence-corrected chi connectivity index (χ0v) is 13.8. The van der Waals surface area contributed by atoms with Gasteiger partial charge in [0, 0.05) is 17.5 Å². The highest BCUT2D eigenvalue weighted by Crippen LogP contribution is 2.25. The van der Waals surface area contributed by atoms with Crippen LogP contribution in [0.2, 0.25) is 0 Å². The second kappa shape index (κ2) is 7.02. The van der Waals surface area contributed by atoms with Crippen LogP contribution in [0.5, 0.6) is 0 Å². The molecular formula is C14H24N2O2S2. The Hall–Kier alpha value is -0.430. The molecule has 20 heavy (non-hydrogen) atoms. The third-order valence-corrected chi connectivity index (χ3v) is 6.40. The average molecular weight is 316 g/mol. The van der Waals surface area contributed by atoms with E-state index in [1.165, 1.54) is 12.8 Å². The van der Waals surface area contributed by atoms with Crippen molar-refractivity contribution in [2.24, 2.45) is 0 Å². The molecule has 0 saturated heterocycles. The first-order chi connectivity index (χ1) is 9.53. The largest absolute Gasteiger partial charge is 0.313 e. The van der Waals surface area contributed by atoms with Gasteiger partial charge in [0.05, 0.1) is 11.3 Å². The van der Waals surface area contributed by atoms with Crippen molar-refractivity contribution < 1.29 is 8.42 Å². The minimum atomic E-state index is -3.28. The number of hydrogen-bond donors (Lipinski definition) is 2. The third-order valence-electron chi connectivity index (χ3n) is 3.57. The summed E-state index contributed by atoms with van der Waals surface area (Å²) in [5, 5.41) is 4.88. The molecule has 2 rings (SSSR count). The van der Waals surface area contributed by atoms with E-state index in [1.807, 2.05) is 17.5 Å². The standard InChI is InChI=1S/C14H24N2O2S2/c1-3-5-13(14-6-4-9-19-14)16-20(17,18)11(2)10-15-12-7-8-12/h4,6,9,11-13,15-16H,3,5,7-8,10H2,1-2H3. The van der Waals surface area contributed by atoms with Gasteiger partial charge < -0.3 is 5.32 Å². The van der Waals surface area contributed by atoms with Crippen molar-refractivity contribution >= 4 is 21.4 Å². The van der Waals surface area contributed by atoms with Crippen LogP contribution in [0.3, 0.4) is 0 Å². The SMILES string of the molecule is CCCC(NS(=O)(=O)C(C)CNC1CC1)c1cccs1. The van der Waals surface area contributed by atoms with E-state index in [2.05, 4.69) is 17.0 Å². The van der Waals surface area contributed by atoms with Gasteiger partial charge in [-0.1, -0.05) is 19.4 Å². The summed E-state index contributed by atoms with van der Waals surface area (Å²) in [6.07, 6.45) is 4.14. The van der Waals surface area contributed by atoms with E-state index in [9.17, 15) is 8.42 Å². The molecule has 2 N–H and O–H groups in total. The number of sulfonamides is 1. The van der Waals surface area contributed by atoms with Crippen LogP contribution in [0.4, 0.5) is 0 Å². The van der Waals surface area contributed by atoms with Crippen molar-refractivity contribution in [3.8, 4) is 0 Å². The fourth-order valence-electron chi connectivity index (χ4n) is 2.08. The van der Waals surface area contributed by atoms with E-state index >= 15 is 0 Å². The van der Waals surface area contributed by atoms with Gasteiger partial charge in [-0.25, -0.2) is 13.1 Å². The van der Waals surface area contributed by atoms with Gasteiger partial charge in [0.1, 0.15) is 0 Å². The van der Waals surface area contributed by atoms with Crippen LogP contribution in [0.15, 0.2) is 17.5 Å². The van der Waals surface area contributed by atoms with Gasteiger partial charge in [0.25, 0.3) is 0 Å². The summed E-state index contributed by atoms with van der Waals surface area (Å²) in [7, 11) is -3.28. The molecule has 0 bridgehead atoms. The van der Waals surface area contributed by atoms with Crippen LogP contribution in [0.1, 0.15) is 50.4 Å². The minimum absolute atomic E-state index is 0.0895. The molecule has 1 aromatic heterocycles. The van der Waals surface area contributed by atoms with Gasteiger partial charge in [-0.15, -0.1) is 11.3 Å². The Morgan fingerprint density at radius 2 is 2.20 bits per heavy atom. The first-order valence-corrected chi connectivity index (χ1v) is 9.73. The molecule has 1 aliphatic carbocycles. The molecule has 0 radical (unpaired) electrons. The molecule has 114 valence electrons. The van der Waals surface area contributed by atoms with Crippen molar-refractivity contribution in [2.75, 3.05) is 6.54 Å². The van der Waals surface area contributed by atoms with Gasteiger partial charge in [-0.2, -0.15) is 0 Å². The zero-order chi connectivity index (χ0) is 14.6. The quantitative estimate of drug-likeness (QED) is 0.736. The molecule has 0 aromatic carbocycles. The van der Waals surface area contributed by atoms with E-state index in [-0.39, 0.29) is 6.04 Å². The molecular weight excluding hydrogens is 292 g/mol. The van der Waals surface area contributed by atoms with Gasteiger partial charge >= 0.3 is 0 Å². The molecule has 0 spiro atoms. The van der Waals surface area contributed by atoms with Gasteiger partial charge in [-0.3, -0.25) is 0 Å². The molecule has 0 amide bonds. The van der Waals surface area contributed by atoms with E-state index < -0.39 is 15.3 Å². The third kappa shape index (κ3) is 4.55. The van der Waals surface area contributed by atoms with Crippen LogP contribution in [0, 0.1) is 0 Å². The van der Waals surface area contributed by atoms with Crippen molar-refractivity contribution in [3.63, 3.8) is 0 Å². The highest BCUT2D eigenvalue weighted by atomic mass is 32.2. The topological polar surface area (TPSA) is 58.2 Å². The summed E-state index contributed by atoms with van der Waals surface area (Å²) in [5.74, 6) is 0. The highest BCUT2D eigenvalue weighted by Gasteiger charge is 2.28. The lowest BCUT2D eigenvalue weighted by atomic mass is 10.1. The Balaban J connectivity index is 1.96. The van der Waals surface area contributed by atoms with Crippen LogP contribution in [-0.2, 0) is 10.0 Å². The molecule has 6 heteroatoms. The van der Waals surface area contributed by atoms with E-state index in [0.717, 1.165) is 17.7 Å². The fourth-order valence-corrected chi connectivity index (χ4v) is 4.16. The number of nitrogens with one attached hydrogen (secondary N) is 2. The maximum absolute atomic E-state index is 12.4. The number of thiophene rings is 1. The van der Waals surface area contributed by atoms with Crippen molar-refractivity contribution in [1.82, 2.24) is 10.0 Å². The second-order valence-corrected chi connectivity index (χ2v) is 8.62. The van der Waals surface area contributed by atoms with Gasteiger partial charge in [0.2, 0.25) is 10.0 Å². The van der Waals surface area contributed by atoms with Crippen LogP contribution in [0.25, 0.3) is 0 Å². The lowest BCUT2D eigenvalue weighted by molar-refractivity contribution is 0.524. The maximum atomic E-state index is 12.4. The molecule has 1 aromatic rings. The lowest BCUT2D eigenvalue weighted by Crippen LogP contribution is -2.41. The van der Waals surface area contributed by atoms with Gasteiger partial charge in [0.15, 0.2) is 0 Å². The van der Waals surface area contributed by atoms with Crippen LogP contribution >= 0.6 is 11.3 Å². The van der Waals surface area contributed by atoms with E-state index in [0.29, 0.717) is 12.6 Å². The molecule has 2 unspecified atom stereocenters. The molecule has 4 nitrogen and oxygen atoms in total. The molecule has 1 saturated carbocycles. The maximum Gasteiger partial charge on any atom is 0.216 e. The lowest BCUT2D eigenvalue weighted by Gasteiger charge is -2.20. The van der Waals surface area contributed by atoms with Gasteiger partial charge in [-0.05, 0) is 37.6 Å². The van der Waals surface area contributed by atoms with Crippen molar-refractivity contribution in [3.05, 3.63) is 22.4 Å². The fraction of sp³-hybridized carbons (Fsp3) is 0.714. The molecule has 0 aliphatic heterocycles. The summed E-state index contributed by atoms with van der Waals surface area (Å²) >= 11 is 1.61. The zero-order valence-electron chi connectivity index (χ0n) is 12.1. The monoisotopic (exact) mass is 316 g/mol. The Labute approximate surface area is 126 Å². The second-order valence-electron chi connectivity index (χ2n) is 5.51. The first-order valence-electron chi connectivity index (χ1n) is 7.31. The molecule has 2 atom stereocenters. The normalized spacial score (nSPS) is 18.9. The highest BCUT2D eigenvalue weighted by molar-refractivity contribution is 7.90. The Morgan fingerprint density at radius 3 is 2.75 bits per heavy atom. The summed E-state index contributed by atoms with van der Waals surface area (Å²) in [4.78, 5) is 1.10. The van der Waals surface area contributed by atoms with E-state index in [4.69, 9.17) is 0 Å². The Morgan fingerprint density at radius 1 is 1.45 bits per heavy atom. The Kier molecular flexibility index (Phi) is 5.60. The summed E-state index contributed by atoms with van der Waals surface area (Å²) in [5.41, 5.74) is 0. The molecule has 1 fully saturated rings. The van der Waals surface area contributed by atoms with Crippen LogP contribution < -0.4 is 10.0 Å². The van der Waals surface area contributed by atoms with Crippen molar-refractivity contribution in [2.45, 2.75) is 56.9 Å². The molecule has 1 heterocycles. The molecule has 1 aliphatic rings. The smallest absolute Gasteiger partial charge is 0.216 e. The number of hydrogen-bond acceptors (Lipinski definition) is 4. The Bertz CT molecular complexity index is 495. The predicted molar refractivity (Wildman–Crippen MR) is 84.5 cm³/mol. The average Bonchev–Trinajstić information content (AvgIpc) is 3.07. The van der Waals surface area contributed by atoms with Crippen LogP contribution in [-0.4, -0.2) is 26.3 Å². The summed E-state index contributed by atoms with van der Waals surface area (Å²) in [6, 6.07) is 4.42. The first kappa shape index (κ1) is 15.9. The summed E-state index contributed by atoms with van der Waals surface area (Å²) in [6.45, 7) is 4.38. The minimum Gasteiger partial charge on any atom is -0.313 e. The predicted octanol–water partition coefficient (Wildman–Crippen LogP) is 2.65. The number of rotatable bonds is 9. The summed E-state index contributed by atoms with van der Waals surface area (Å²) < 4.78 is 27.7. The van der Waals surface area contributed by atoms with Crippen molar-refractivity contribution in [1.29, 1.82) is 0 Å². The van der Waals surface area contributed by atoms with E-state index in [1.54, 1.807) is 18.3 Å².